The highest BCUT2D eigenvalue weighted by molar-refractivity contribution is 14.1. The molecule has 19 heavy (non-hydrogen) atoms. The fraction of sp³-hybridized carbons (Fsp3) is 0.133. The first kappa shape index (κ1) is 13.9. The molecule has 0 heterocycles. The molecule has 0 radical (unpaired) electrons. The van der Waals surface area contributed by atoms with Gasteiger partial charge in [-0.2, -0.15) is 0 Å². The van der Waals surface area contributed by atoms with Gasteiger partial charge in [0.1, 0.15) is 5.75 Å². The van der Waals surface area contributed by atoms with Crippen molar-refractivity contribution in [3.05, 3.63) is 51.6 Å². The van der Waals surface area contributed by atoms with E-state index < -0.39 is 0 Å². The maximum absolute atomic E-state index is 11.7. The van der Waals surface area contributed by atoms with E-state index in [1.807, 2.05) is 24.3 Å². The van der Waals surface area contributed by atoms with Gasteiger partial charge >= 0.3 is 5.97 Å². The fourth-order valence-electron chi connectivity index (χ4n) is 1.73. The van der Waals surface area contributed by atoms with Gasteiger partial charge < -0.3 is 9.84 Å². The van der Waals surface area contributed by atoms with Crippen molar-refractivity contribution in [1.82, 2.24) is 0 Å². The molecule has 4 heteroatoms. The van der Waals surface area contributed by atoms with E-state index in [1.165, 1.54) is 0 Å². The van der Waals surface area contributed by atoms with E-state index in [1.54, 1.807) is 25.1 Å². The molecule has 2 rings (SSSR count). The van der Waals surface area contributed by atoms with Crippen molar-refractivity contribution >= 4 is 28.6 Å². The molecule has 0 aliphatic rings. The van der Waals surface area contributed by atoms with E-state index in [-0.39, 0.29) is 11.7 Å². The number of ether oxygens (including phenoxy) is 1. The maximum atomic E-state index is 11.7. The molecule has 0 unspecified atom stereocenters. The summed E-state index contributed by atoms with van der Waals surface area (Å²) in [5.74, 6) is -0.0660. The molecule has 3 nitrogen and oxygen atoms in total. The summed E-state index contributed by atoms with van der Waals surface area (Å²) in [6.45, 7) is 2.14. The quantitative estimate of drug-likeness (QED) is 0.662. The Morgan fingerprint density at radius 1 is 1.21 bits per heavy atom. The van der Waals surface area contributed by atoms with Crippen LogP contribution < -0.4 is 0 Å². The SMILES string of the molecule is CCOC(=O)c1cccc(-c2ccc(O)c(I)c2)c1. The van der Waals surface area contributed by atoms with E-state index in [0.29, 0.717) is 12.2 Å². The number of phenolic OH excluding ortho intramolecular Hbond substituents is 1. The molecule has 0 saturated heterocycles. The number of phenols is 1. The monoisotopic (exact) mass is 368 g/mol. The summed E-state index contributed by atoms with van der Waals surface area (Å²) in [4.78, 5) is 11.7. The summed E-state index contributed by atoms with van der Waals surface area (Å²) in [6.07, 6.45) is 0. The third-order valence-electron chi connectivity index (χ3n) is 2.65. The lowest BCUT2D eigenvalue weighted by molar-refractivity contribution is 0.0526. The van der Waals surface area contributed by atoms with Crippen molar-refractivity contribution in [1.29, 1.82) is 0 Å². The Hall–Kier alpha value is -1.56. The zero-order chi connectivity index (χ0) is 13.8. The van der Waals surface area contributed by atoms with Crippen LogP contribution in [0.15, 0.2) is 42.5 Å². The summed E-state index contributed by atoms with van der Waals surface area (Å²) in [5, 5.41) is 9.52. The van der Waals surface area contributed by atoms with Crippen molar-refractivity contribution in [2.75, 3.05) is 6.61 Å². The van der Waals surface area contributed by atoms with Crippen LogP contribution in [0.4, 0.5) is 0 Å². The van der Waals surface area contributed by atoms with E-state index >= 15 is 0 Å². The molecule has 1 N–H and O–H groups in total. The van der Waals surface area contributed by atoms with E-state index in [4.69, 9.17) is 4.74 Å². The van der Waals surface area contributed by atoms with E-state index in [2.05, 4.69) is 22.6 Å². The first-order valence-electron chi connectivity index (χ1n) is 5.88. The predicted molar refractivity (Wildman–Crippen MR) is 82.2 cm³/mol. The molecule has 0 fully saturated rings. The molecule has 0 aromatic heterocycles. The lowest BCUT2D eigenvalue weighted by atomic mass is 10.0. The molecule has 0 saturated carbocycles. The van der Waals surface area contributed by atoms with Crippen LogP contribution in [0.5, 0.6) is 5.75 Å². The Bertz CT molecular complexity index is 608. The molecule has 2 aromatic carbocycles. The van der Waals surface area contributed by atoms with E-state index in [0.717, 1.165) is 14.7 Å². The van der Waals surface area contributed by atoms with Crippen LogP contribution in [-0.2, 0) is 4.74 Å². The van der Waals surface area contributed by atoms with Gasteiger partial charge in [-0.15, -0.1) is 0 Å². The minimum Gasteiger partial charge on any atom is -0.507 e. The molecule has 0 bridgehead atoms. The van der Waals surface area contributed by atoms with Crippen LogP contribution in [0, 0.1) is 3.57 Å². The highest BCUT2D eigenvalue weighted by Gasteiger charge is 2.08. The number of hydrogen-bond acceptors (Lipinski definition) is 3. The molecule has 0 aliphatic heterocycles. The molecule has 2 aromatic rings. The van der Waals surface area contributed by atoms with Crippen LogP contribution in [0.25, 0.3) is 11.1 Å². The summed E-state index contributed by atoms with van der Waals surface area (Å²) in [7, 11) is 0. The Kier molecular flexibility index (Phi) is 4.42. The zero-order valence-electron chi connectivity index (χ0n) is 10.4. The number of halogens is 1. The summed E-state index contributed by atoms with van der Waals surface area (Å²) >= 11 is 2.07. The molecular weight excluding hydrogens is 355 g/mol. The van der Waals surface area contributed by atoms with E-state index in [9.17, 15) is 9.90 Å². The van der Waals surface area contributed by atoms with Crippen molar-refractivity contribution < 1.29 is 14.6 Å². The number of aromatic hydroxyl groups is 1. The number of esters is 1. The van der Waals surface area contributed by atoms with Crippen LogP contribution >= 0.6 is 22.6 Å². The number of hydrogen-bond donors (Lipinski definition) is 1. The molecular formula is C15H13IO3. The average molecular weight is 368 g/mol. The van der Waals surface area contributed by atoms with Crippen molar-refractivity contribution in [3.63, 3.8) is 0 Å². The van der Waals surface area contributed by atoms with Crippen LogP contribution in [-0.4, -0.2) is 17.7 Å². The largest absolute Gasteiger partial charge is 0.507 e. The Balaban J connectivity index is 2.37. The summed E-state index contributed by atoms with van der Waals surface area (Å²) < 4.78 is 5.76. The van der Waals surface area contributed by atoms with Gasteiger partial charge in [0.25, 0.3) is 0 Å². The number of rotatable bonds is 3. The van der Waals surface area contributed by atoms with Crippen LogP contribution in [0.3, 0.4) is 0 Å². The highest BCUT2D eigenvalue weighted by Crippen LogP contribution is 2.27. The van der Waals surface area contributed by atoms with Crippen molar-refractivity contribution in [3.8, 4) is 16.9 Å². The lowest BCUT2D eigenvalue weighted by Gasteiger charge is -2.06. The minimum atomic E-state index is -0.321. The second kappa shape index (κ2) is 6.06. The van der Waals surface area contributed by atoms with Crippen molar-refractivity contribution in [2.45, 2.75) is 6.92 Å². The standard InChI is InChI=1S/C15H13IO3/c1-2-19-15(18)12-5-3-4-10(8-12)11-6-7-14(17)13(16)9-11/h3-9,17H,2H2,1H3. The first-order chi connectivity index (χ1) is 9.11. The minimum absolute atomic E-state index is 0.255. The van der Waals surface area contributed by atoms with Gasteiger partial charge in [-0.3, -0.25) is 0 Å². The normalized spacial score (nSPS) is 10.2. The topological polar surface area (TPSA) is 46.5 Å². The van der Waals surface area contributed by atoms with Crippen LogP contribution in [0.1, 0.15) is 17.3 Å². The molecule has 0 atom stereocenters. The van der Waals surface area contributed by atoms with Gasteiger partial charge in [0.2, 0.25) is 0 Å². The lowest BCUT2D eigenvalue weighted by Crippen LogP contribution is -2.04. The second-order valence-electron chi connectivity index (χ2n) is 3.97. The zero-order valence-corrected chi connectivity index (χ0v) is 12.5. The molecule has 98 valence electrons. The Morgan fingerprint density at radius 2 is 1.95 bits per heavy atom. The average Bonchev–Trinajstić information content (AvgIpc) is 2.42. The highest BCUT2D eigenvalue weighted by atomic mass is 127. The van der Waals surface area contributed by atoms with Gasteiger partial charge in [0.15, 0.2) is 0 Å². The van der Waals surface area contributed by atoms with Crippen LogP contribution in [0.2, 0.25) is 0 Å². The van der Waals surface area contributed by atoms with Gasteiger partial charge in [0.05, 0.1) is 15.7 Å². The Morgan fingerprint density at radius 3 is 2.63 bits per heavy atom. The van der Waals surface area contributed by atoms with Gasteiger partial charge in [0, 0.05) is 0 Å². The smallest absolute Gasteiger partial charge is 0.338 e. The maximum Gasteiger partial charge on any atom is 0.338 e. The predicted octanol–water partition coefficient (Wildman–Crippen LogP) is 3.84. The molecule has 0 aliphatic carbocycles. The third kappa shape index (κ3) is 3.26. The number of carbonyl (C=O) groups is 1. The molecule has 0 amide bonds. The van der Waals surface area contributed by atoms with Crippen molar-refractivity contribution in [2.24, 2.45) is 0 Å². The van der Waals surface area contributed by atoms with Gasteiger partial charge in [-0.05, 0) is 64.9 Å². The molecule has 0 spiro atoms. The fourth-order valence-corrected chi connectivity index (χ4v) is 2.24. The summed E-state index contributed by atoms with van der Waals surface area (Å²) in [6, 6.07) is 12.6. The third-order valence-corrected chi connectivity index (χ3v) is 3.52. The Labute approximate surface area is 125 Å². The number of benzene rings is 2. The number of carbonyl (C=O) groups excluding carboxylic acids is 1. The van der Waals surface area contributed by atoms with Gasteiger partial charge in [-0.25, -0.2) is 4.79 Å². The summed E-state index contributed by atoms with van der Waals surface area (Å²) in [5.41, 5.74) is 2.40. The first-order valence-corrected chi connectivity index (χ1v) is 6.95. The second-order valence-corrected chi connectivity index (χ2v) is 5.13. The van der Waals surface area contributed by atoms with Gasteiger partial charge in [-0.1, -0.05) is 18.2 Å².